The van der Waals surface area contributed by atoms with Crippen molar-refractivity contribution >= 4 is 15.7 Å². The standard InChI is InChI=1S/C6H14N2O3S/c1-2-12(10,11)4-3-5(7)6(8)9/h5H,2-4,7H2,1H3,(H2,8,9). The number of carbonyl (C=O) groups excluding carboxylic acids is 1. The predicted molar refractivity (Wildman–Crippen MR) is 46.1 cm³/mol. The lowest BCUT2D eigenvalue weighted by molar-refractivity contribution is -0.119. The minimum absolute atomic E-state index is 0.0679. The lowest BCUT2D eigenvalue weighted by atomic mass is 10.2. The molecule has 4 N–H and O–H groups in total. The number of primary amides is 1. The van der Waals surface area contributed by atoms with E-state index in [1.54, 1.807) is 6.92 Å². The van der Waals surface area contributed by atoms with Gasteiger partial charge in [0.15, 0.2) is 0 Å². The molecule has 5 nitrogen and oxygen atoms in total. The van der Waals surface area contributed by atoms with Crippen LogP contribution in [-0.4, -0.2) is 31.9 Å². The van der Waals surface area contributed by atoms with Crippen LogP contribution in [0.4, 0.5) is 0 Å². The quantitative estimate of drug-likeness (QED) is 0.563. The first-order chi connectivity index (χ1) is 5.39. The number of nitrogens with two attached hydrogens (primary N) is 2. The highest BCUT2D eigenvalue weighted by molar-refractivity contribution is 7.91. The van der Waals surface area contributed by atoms with Gasteiger partial charge in [0.05, 0.1) is 11.8 Å². The first-order valence-electron chi connectivity index (χ1n) is 3.64. The Kier molecular flexibility index (Phi) is 4.19. The van der Waals surface area contributed by atoms with E-state index in [0.29, 0.717) is 0 Å². The van der Waals surface area contributed by atoms with Gasteiger partial charge in [-0.2, -0.15) is 0 Å². The molecule has 1 amide bonds. The van der Waals surface area contributed by atoms with Crippen molar-refractivity contribution in [2.45, 2.75) is 19.4 Å². The van der Waals surface area contributed by atoms with Crippen LogP contribution in [0.1, 0.15) is 13.3 Å². The molecular weight excluding hydrogens is 180 g/mol. The molecule has 1 unspecified atom stereocenters. The number of hydrogen-bond acceptors (Lipinski definition) is 4. The average molecular weight is 194 g/mol. The van der Waals surface area contributed by atoms with Gasteiger partial charge in [0.2, 0.25) is 5.91 Å². The van der Waals surface area contributed by atoms with Crippen molar-refractivity contribution in [1.29, 1.82) is 0 Å². The topological polar surface area (TPSA) is 103 Å². The van der Waals surface area contributed by atoms with E-state index in [4.69, 9.17) is 11.5 Å². The van der Waals surface area contributed by atoms with E-state index in [-0.39, 0.29) is 17.9 Å². The summed E-state index contributed by atoms with van der Waals surface area (Å²) in [7, 11) is -3.04. The Morgan fingerprint density at radius 2 is 2.00 bits per heavy atom. The maximum absolute atomic E-state index is 10.9. The number of hydrogen-bond donors (Lipinski definition) is 2. The number of amides is 1. The van der Waals surface area contributed by atoms with Crippen molar-refractivity contribution in [2.75, 3.05) is 11.5 Å². The zero-order valence-corrected chi connectivity index (χ0v) is 7.80. The Morgan fingerprint density at radius 3 is 2.33 bits per heavy atom. The molecule has 0 aromatic carbocycles. The fourth-order valence-corrected chi connectivity index (χ4v) is 1.49. The maximum atomic E-state index is 10.9. The molecule has 0 fully saturated rings. The molecule has 0 saturated heterocycles. The van der Waals surface area contributed by atoms with Crippen LogP contribution in [0.25, 0.3) is 0 Å². The molecule has 0 heterocycles. The second-order valence-corrected chi connectivity index (χ2v) is 5.01. The summed E-state index contributed by atoms with van der Waals surface area (Å²) in [6.45, 7) is 1.55. The Morgan fingerprint density at radius 1 is 1.50 bits per heavy atom. The minimum atomic E-state index is -3.04. The number of sulfone groups is 1. The summed E-state index contributed by atoms with van der Waals surface area (Å²) in [5.74, 6) is -0.673. The summed E-state index contributed by atoms with van der Waals surface area (Å²) in [4.78, 5) is 10.4. The Bertz CT molecular complexity index is 248. The van der Waals surface area contributed by atoms with Crippen molar-refractivity contribution < 1.29 is 13.2 Å². The Hall–Kier alpha value is -0.620. The largest absolute Gasteiger partial charge is 0.368 e. The summed E-state index contributed by atoms with van der Waals surface area (Å²) < 4.78 is 21.8. The predicted octanol–water partition coefficient (Wildman–Crippen LogP) is -1.38. The molecule has 12 heavy (non-hydrogen) atoms. The molecule has 0 spiro atoms. The molecule has 0 aliphatic carbocycles. The van der Waals surface area contributed by atoms with Gasteiger partial charge in [-0.15, -0.1) is 0 Å². The highest BCUT2D eigenvalue weighted by Crippen LogP contribution is 1.95. The second-order valence-electron chi connectivity index (χ2n) is 2.53. The lowest BCUT2D eigenvalue weighted by Gasteiger charge is -2.05. The molecule has 1 atom stereocenters. The summed E-state index contributed by atoms with van der Waals surface area (Å²) in [5.41, 5.74) is 10.1. The molecular formula is C6H14N2O3S. The lowest BCUT2D eigenvalue weighted by Crippen LogP contribution is -2.37. The third-order valence-corrected chi connectivity index (χ3v) is 3.28. The molecule has 6 heteroatoms. The number of rotatable bonds is 5. The van der Waals surface area contributed by atoms with E-state index in [1.807, 2.05) is 0 Å². The monoisotopic (exact) mass is 194 g/mol. The molecule has 0 aromatic rings. The van der Waals surface area contributed by atoms with Crippen LogP contribution in [0, 0.1) is 0 Å². The van der Waals surface area contributed by atoms with Crippen LogP contribution in [-0.2, 0) is 14.6 Å². The molecule has 72 valence electrons. The summed E-state index contributed by atoms with van der Waals surface area (Å²) in [5, 5.41) is 0. The zero-order chi connectivity index (χ0) is 9.78. The van der Waals surface area contributed by atoms with Gasteiger partial charge in [-0.1, -0.05) is 6.92 Å². The fourth-order valence-electron chi connectivity index (χ4n) is 0.593. The van der Waals surface area contributed by atoms with Crippen LogP contribution in [0.5, 0.6) is 0 Å². The van der Waals surface area contributed by atoms with Gasteiger partial charge in [0, 0.05) is 5.75 Å². The smallest absolute Gasteiger partial charge is 0.234 e. The van der Waals surface area contributed by atoms with Crippen molar-refractivity contribution in [3.8, 4) is 0 Å². The second kappa shape index (κ2) is 4.42. The summed E-state index contributed by atoms with van der Waals surface area (Å²) >= 11 is 0. The van der Waals surface area contributed by atoms with Gasteiger partial charge in [-0.05, 0) is 6.42 Å². The van der Waals surface area contributed by atoms with Gasteiger partial charge in [-0.3, -0.25) is 4.79 Å². The highest BCUT2D eigenvalue weighted by atomic mass is 32.2. The van der Waals surface area contributed by atoms with Gasteiger partial charge in [0.25, 0.3) is 0 Å². The molecule has 0 rings (SSSR count). The average Bonchev–Trinajstić information content (AvgIpc) is 2.00. The van der Waals surface area contributed by atoms with E-state index in [0.717, 1.165) is 0 Å². The van der Waals surface area contributed by atoms with Crippen LogP contribution in [0.3, 0.4) is 0 Å². The SMILES string of the molecule is CCS(=O)(=O)CCC(N)C(N)=O. The highest BCUT2D eigenvalue weighted by Gasteiger charge is 2.14. The molecule has 0 aliphatic heterocycles. The van der Waals surface area contributed by atoms with Gasteiger partial charge in [-0.25, -0.2) is 8.42 Å². The first-order valence-corrected chi connectivity index (χ1v) is 5.46. The summed E-state index contributed by atoms with van der Waals surface area (Å²) in [6, 6.07) is -0.855. The fraction of sp³-hybridized carbons (Fsp3) is 0.833. The molecule has 0 bridgehead atoms. The van der Waals surface area contributed by atoms with Crippen molar-refractivity contribution in [1.82, 2.24) is 0 Å². The summed E-state index contributed by atoms with van der Waals surface area (Å²) in [6.07, 6.45) is 0.103. The Balaban J connectivity index is 3.92. The third kappa shape index (κ3) is 4.30. The molecule has 0 radical (unpaired) electrons. The zero-order valence-electron chi connectivity index (χ0n) is 6.99. The molecule has 0 aliphatic rings. The van der Waals surface area contributed by atoms with Crippen molar-refractivity contribution in [3.63, 3.8) is 0 Å². The van der Waals surface area contributed by atoms with Crippen LogP contribution in [0.2, 0.25) is 0 Å². The maximum Gasteiger partial charge on any atom is 0.234 e. The van der Waals surface area contributed by atoms with E-state index in [2.05, 4.69) is 0 Å². The van der Waals surface area contributed by atoms with Crippen molar-refractivity contribution in [2.24, 2.45) is 11.5 Å². The van der Waals surface area contributed by atoms with E-state index in [1.165, 1.54) is 0 Å². The molecule has 0 aromatic heterocycles. The van der Waals surface area contributed by atoms with Gasteiger partial charge in [0.1, 0.15) is 9.84 Å². The first kappa shape index (κ1) is 11.4. The molecule has 0 saturated carbocycles. The van der Waals surface area contributed by atoms with Crippen LogP contribution in [0.15, 0.2) is 0 Å². The van der Waals surface area contributed by atoms with Crippen LogP contribution >= 0.6 is 0 Å². The van der Waals surface area contributed by atoms with Crippen LogP contribution < -0.4 is 11.5 Å². The van der Waals surface area contributed by atoms with E-state index >= 15 is 0 Å². The third-order valence-electron chi connectivity index (χ3n) is 1.55. The van der Waals surface area contributed by atoms with E-state index < -0.39 is 21.8 Å². The van der Waals surface area contributed by atoms with Crippen molar-refractivity contribution in [3.05, 3.63) is 0 Å². The number of carbonyl (C=O) groups is 1. The minimum Gasteiger partial charge on any atom is -0.368 e. The van der Waals surface area contributed by atoms with E-state index in [9.17, 15) is 13.2 Å². The van der Waals surface area contributed by atoms with Gasteiger partial charge < -0.3 is 11.5 Å². The van der Waals surface area contributed by atoms with Gasteiger partial charge >= 0.3 is 0 Å². The normalized spacial score (nSPS) is 14.2. The Labute approximate surface area is 72.0 Å².